The SMILES string of the molecule is CCCS(=O)(=O)Nc1ccccc1C(=O)NC(CF)C(=O)O. The Morgan fingerprint density at radius 2 is 1.95 bits per heavy atom. The summed E-state index contributed by atoms with van der Waals surface area (Å²) in [6.07, 6.45) is 0.395. The van der Waals surface area contributed by atoms with Crippen LogP contribution in [0.3, 0.4) is 0 Å². The number of anilines is 1. The predicted octanol–water partition coefficient (Wildman–Crippen LogP) is 0.991. The highest BCUT2D eigenvalue weighted by Crippen LogP contribution is 2.17. The van der Waals surface area contributed by atoms with Crippen LogP contribution in [0.15, 0.2) is 24.3 Å². The number of hydrogen-bond donors (Lipinski definition) is 3. The Hall–Kier alpha value is -2.16. The number of benzene rings is 1. The molecule has 3 N–H and O–H groups in total. The lowest BCUT2D eigenvalue weighted by Gasteiger charge is -2.14. The van der Waals surface area contributed by atoms with Crippen molar-refractivity contribution in [2.45, 2.75) is 19.4 Å². The number of carboxylic acids is 1. The van der Waals surface area contributed by atoms with Gasteiger partial charge in [0, 0.05) is 0 Å². The zero-order valence-electron chi connectivity index (χ0n) is 11.9. The number of sulfonamides is 1. The van der Waals surface area contributed by atoms with Gasteiger partial charge in [-0.1, -0.05) is 19.1 Å². The van der Waals surface area contributed by atoms with Crippen LogP contribution in [0.25, 0.3) is 0 Å². The normalized spacial score (nSPS) is 12.5. The molecule has 1 atom stereocenters. The third-order valence-electron chi connectivity index (χ3n) is 2.67. The molecule has 22 heavy (non-hydrogen) atoms. The summed E-state index contributed by atoms with van der Waals surface area (Å²) in [6.45, 7) is 0.418. The molecule has 0 saturated carbocycles. The Balaban J connectivity index is 3.01. The van der Waals surface area contributed by atoms with Gasteiger partial charge in [0.15, 0.2) is 6.04 Å². The Morgan fingerprint density at radius 1 is 1.32 bits per heavy atom. The number of carbonyl (C=O) groups is 2. The number of halogens is 1. The molecule has 122 valence electrons. The number of hydrogen-bond acceptors (Lipinski definition) is 4. The van der Waals surface area contributed by atoms with Crippen LogP contribution >= 0.6 is 0 Å². The summed E-state index contributed by atoms with van der Waals surface area (Å²) in [5.41, 5.74) is -0.0710. The molecule has 0 aliphatic carbocycles. The highest BCUT2D eigenvalue weighted by molar-refractivity contribution is 7.92. The number of rotatable bonds is 8. The molecular weight excluding hydrogens is 315 g/mol. The molecule has 7 nitrogen and oxygen atoms in total. The number of amides is 1. The van der Waals surface area contributed by atoms with Crippen molar-refractivity contribution in [1.29, 1.82) is 0 Å². The van der Waals surface area contributed by atoms with E-state index in [2.05, 4.69) is 4.72 Å². The van der Waals surface area contributed by atoms with Gasteiger partial charge < -0.3 is 10.4 Å². The first-order valence-electron chi connectivity index (χ1n) is 6.50. The van der Waals surface area contributed by atoms with Gasteiger partial charge in [-0.2, -0.15) is 0 Å². The minimum Gasteiger partial charge on any atom is -0.480 e. The van der Waals surface area contributed by atoms with Crippen LogP contribution in [-0.2, 0) is 14.8 Å². The zero-order valence-corrected chi connectivity index (χ0v) is 12.7. The van der Waals surface area contributed by atoms with E-state index in [0.717, 1.165) is 0 Å². The van der Waals surface area contributed by atoms with E-state index in [9.17, 15) is 22.4 Å². The molecule has 0 aromatic heterocycles. The van der Waals surface area contributed by atoms with E-state index in [-0.39, 0.29) is 17.0 Å². The molecule has 0 aliphatic rings. The van der Waals surface area contributed by atoms with Crippen LogP contribution in [-0.4, -0.2) is 43.9 Å². The largest absolute Gasteiger partial charge is 0.480 e. The van der Waals surface area contributed by atoms with Crippen LogP contribution in [0, 0.1) is 0 Å². The Labute approximate surface area is 127 Å². The lowest BCUT2D eigenvalue weighted by Crippen LogP contribution is -2.42. The smallest absolute Gasteiger partial charge is 0.328 e. The fourth-order valence-electron chi connectivity index (χ4n) is 1.66. The van der Waals surface area contributed by atoms with Gasteiger partial charge in [0.05, 0.1) is 17.0 Å². The van der Waals surface area contributed by atoms with Crippen molar-refractivity contribution >= 4 is 27.6 Å². The molecule has 9 heteroatoms. The average molecular weight is 332 g/mol. The molecule has 1 rings (SSSR count). The average Bonchev–Trinajstić information content (AvgIpc) is 2.44. The van der Waals surface area contributed by atoms with E-state index in [4.69, 9.17) is 5.11 Å². The van der Waals surface area contributed by atoms with E-state index in [0.29, 0.717) is 6.42 Å². The number of para-hydroxylation sites is 1. The van der Waals surface area contributed by atoms with Gasteiger partial charge in [-0.3, -0.25) is 9.52 Å². The molecule has 0 aliphatic heterocycles. The van der Waals surface area contributed by atoms with Gasteiger partial charge in [-0.05, 0) is 18.6 Å². The molecule has 1 aromatic carbocycles. The molecule has 0 saturated heterocycles. The summed E-state index contributed by atoms with van der Waals surface area (Å²) in [6, 6.07) is 4.00. The van der Waals surface area contributed by atoms with Gasteiger partial charge in [-0.25, -0.2) is 17.6 Å². The van der Waals surface area contributed by atoms with Crippen LogP contribution < -0.4 is 10.0 Å². The topological polar surface area (TPSA) is 113 Å². The maximum Gasteiger partial charge on any atom is 0.328 e. The van der Waals surface area contributed by atoms with Crippen LogP contribution in [0.4, 0.5) is 10.1 Å². The second kappa shape index (κ2) is 7.74. The predicted molar refractivity (Wildman–Crippen MR) is 79.0 cm³/mol. The number of carboxylic acid groups (broad SMARTS) is 1. The number of aliphatic carboxylic acids is 1. The molecule has 0 radical (unpaired) electrons. The van der Waals surface area contributed by atoms with Crippen molar-refractivity contribution < 1.29 is 27.5 Å². The van der Waals surface area contributed by atoms with E-state index < -0.39 is 34.6 Å². The third kappa shape index (κ3) is 4.99. The minimum atomic E-state index is -3.61. The van der Waals surface area contributed by atoms with E-state index >= 15 is 0 Å². The van der Waals surface area contributed by atoms with Crippen molar-refractivity contribution in [3.8, 4) is 0 Å². The maximum atomic E-state index is 12.5. The molecule has 1 aromatic rings. The molecule has 1 unspecified atom stereocenters. The monoisotopic (exact) mass is 332 g/mol. The number of alkyl halides is 1. The minimum absolute atomic E-state index is 0.0106. The fourth-order valence-corrected chi connectivity index (χ4v) is 2.81. The van der Waals surface area contributed by atoms with Crippen LogP contribution in [0.1, 0.15) is 23.7 Å². The lowest BCUT2D eigenvalue weighted by atomic mass is 10.1. The molecule has 0 spiro atoms. The summed E-state index contributed by atoms with van der Waals surface area (Å²) in [5.74, 6) is -2.51. The summed E-state index contributed by atoms with van der Waals surface area (Å²) in [7, 11) is -3.61. The molecule has 1 amide bonds. The van der Waals surface area contributed by atoms with Crippen molar-refractivity contribution in [1.82, 2.24) is 5.32 Å². The Kier molecular flexibility index (Phi) is 6.29. The quantitative estimate of drug-likeness (QED) is 0.657. The van der Waals surface area contributed by atoms with E-state index in [1.807, 2.05) is 5.32 Å². The highest BCUT2D eigenvalue weighted by atomic mass is 32.2. The van der Waals surface area contributed by atoms with Gasteiger partial charge >= 0.3 is 5.97 Å². The van der Waals surface area contributed by atoms with Gasteiger partial charge in [0.2, 0.25) is 10.0 Å². The van der Waals surface area contributed by atoms with Crippen molar-refractivity contribution in [3.05, 3.63) is 29.8 Å². The fraction of sp³-hybridized carbons (Fsp3) is 0.385. The molecule has 0 heterocycles. The first-order chi connectivity index (χ1) is 10.3. The molecular formula is C13H17FN2O5S. The zero-order chi connectivity index (χ0) is 16.8. The highest BCUT2D eigenvalue weighted by Gasteiger charge is 2.22. The summed E-state index contributed by atoms with van der Waals surface area (Å²) < 4.78 is 38.3. The van der Waals surface area contributed by atoms with Crippen molar-refractivity contribution in [2.75, 3.05) is 17.1 Å². The van der Waals surface area contributed by atoms with Gasteiger partial charge in [0.25, 0.3) is 5.91 Å². The standard InChI is InChI=1S/C13H17FN2O5S/c1-2-7-22(20,21)16-10-6-4-3-5-9(10)12(17)15-11(8-14)13(18)19/h3-6,11,16H,2,7-8H2,1H3,(H,15,17)(H,18,19). The maximum absolute atomic E-state index is 12.5. The Morgan fingerprint density at radius 3 is 2.50 bits per heavy atom. The summed E-state index contributed by atoms with van der Waals surface area (Å²) >= 11 is 0. The van der Waals surface area contributed by atoms with Crippen LogP contribution in [0.5, 0.6) is 0 Å². The van der Waals surface area contributed by atoms with Gasteiger partial charge in [0.1, 0.15) is 6.67 Å². The molecule has 0 bridgehead atoms. The van der Waals surface area contributed by atoms with Crippen LogP contribution in [0.2, 0.25) is 0 Å². The lowest BCUT2D eigenvalue weighted by molar-refractivity contribution is -0.139. The second-order valence-corrected chi connectivity index (χ2v) is 6.33. The Bertz CT molecular complexity index is 648. The first-order valence-corrected chi connectivity index (χ1v) is 8.15. The van der Waals surface area contributed by atoms with E-state index in [1.165, 1.54) is 24.3 Å². The van der Waals surface area contributed by atoms with Crippen molar-refractivity contribution in [3.63, 3.8) is 0 Å². The van der Waals surface area contributed by atoms with Gasteiger partial charge in [-0.15, -0.1) is 0 Å². The third-order valence-corrected chi connectivity index (χ3v) is 4.14. The number of carbonyl (C=O) groups excluding carboxylic acids is 1. The second-order valence-electron chi connectivity index (χ2n) is 4.49. The van der Waals surface area contributed by atoms with E-state index in [1.54, 1.807) is 6.92 Å². The molecule has 0 fully saturated rings. The number of nitrogens with one attached hydrogen (secondary N) is 2. The summed E-state index contributed by atoms with van der Waals surface area (Å²) in [5, 5.41) is 10.7. The van der Waals surface area contributed by atoms with Crippen molar-refractivity contribution in [2.24, 2.45) is 0 Å². The summed E-state index contributed by atoms with van der Waals surface area (Å²) in [4.78, 5) is 22.7. The first kappa shape index (κ1) is 17.9.